The van der Waals surface area contributed by atoms with Crippen molar-refractivity contribution < 1.29 is 14.3 Å². The van der Waals surface area contributed by atoms with Crippen molar-refractivity contribution in [3.63, 3.8) is 0 Å². The van der Waals surface area contributed by atoms with E-state index in [1.54, 1.807) is 4.90 Å². The van der Waals surface area contributed by atoms with Crippen LogP contribution in [0.1, 0.15) is 36.6 Å². The molecule has 10 heteroatoms. The number of aromatic nitrogens is 2. The summed E-state index contributed by atoms with van der Waals surface area (Å²) in [4.78, 5) is 43.0. The molecule has 216 valence electrons. The summed E-state index contributed by atoms with van der Waals surface area (Å²) in [6.07, 6.45) is 2.96. The molecule has 4 heterocycles. The third-order valence-electron chi connectivity index (χ3n) is 8.96. The first-order chi connectivity index (χ1) is 19.8. The number of rotatable bonds is 6. The average Bonchev–Trinajstić information content (AvgIpc) is 3.39. The van der Waals surface area contributed by atoms with Crippen LogP contribution >= 0.6 is 0 Å². The van der Waals surface area contributed by atoms with Gasteiger partial charge >= 0.3 is 6.01 Å². The van der Waals surface area contributed by atoms with Gasteiger partial charge in [0.2, 0.25) is 11.8 Å². The van der Waals surface area contributed by atoms with E-state index in [2.05, 4.69) is 60.2 Å². The number of benzene rings is 2. The number of ether oxygens (including phenoxy) is 1. The zero-order chi connectivity index (χ0) is 28.7. The number of carbonyl (C=O) groups is 2. The number of aryl methyl sites for hydroxylation is 1. The number of carbonyl (C=O) groups excluding carboxylic acids is 2. The summed E-state index contributed by atoms with van der Waals surface area (Å²) in [5.74, 6) is 0.166. The van der Waals surface area contributed by atoms with Gasteiger partial charge in [-0.3, -0.25) is 9.59 Å². The number of nitrogens with two attached hydrogens (primary N) is 1. The SMILES string of the molecule is CC(=O)N1CCN(c2nc(OC[C@@H]3CCCN3C)nc3c2CCN(c2cccc4cccc(C)c24)C3)C(C(N)=O)C1. The van der Waals surface area contributed by atoms with Gasteiger partial charge in [0.1, 0.15) is 18.5 Å². The molecule has 1 aromatic heterocycles. The molecular weight excluding hydrogens is 518 g/mol. The minimum absolute atomic E-state index is 0.0636. The van der Waals surface area contributed by atoms with Crippen LogP contribution < -0.4 is 20.3 Å². The van der Waals surface area contributed by atoms with Crippen LogP contribution in [0.4, 0.5) is 11.5 Å². The Hall–Kier alpha value is -3.92. The molecule has 2 amide bonds. The highest BCUT2D eigenvalue weighted by Gasteiger charge is 2.36. The van der Waals surface area contributed by atoms with E-state index in [4.69, 9.17) is 20.4 Å². The van der Waals surface area contributed by atoms with Crippen LogP contribution in [0.5, 0.6) is 6.01 Å². The second kappa shape index (κ2) is 11.2. The van der Waals surface area contributed by atoms with Gasteiger partial charge in [-0.15, -0.1) is 0 Å². The van der Waals surface area contributed by atoms with E-state index in [9.17, 15) is 9.59 Å². The van der Waals surface area contributed by atoms with Gasteiger partial charge < -0.3 is 30.1 Å². The molecule has 1 unspecified atom stereocenters. The second-order valence-corrected chi connectivity index (χ2v) is 11.5. The van der Waals surface area contributed by atoms with Crippen molar-refractivity contribution in [2.45, 2.75) is 51.7 Å². The minimum Gasteiger partial charge on any atom is -0.462 e. The maximum absolute atomic E-state index is 12.6. The van der Waals surface area contributed by atoms with Gasteiger partial charge in [-0.2, -0.15) is 9.97 Å². The van der Waals surface area contributed by atoms with Crippen LogP contribution in [-0.2, 0) is 22.6 Å². The maximum atomic E-state index is 12.6. The Morgan fingerprint density at radius 3 is 2.61 bits per heavy atom. The zero-order valence-electron chi connectivity index (χ0n) is 24.2. The summed E-state index contributed by atoms with van der Waals surface area (Å²) in [6.45, 7) is 7.86. The smallest absolute Gasteiger partial charge is 0.318 e. The molecule has 2 saturated heterocycles. The van der Waals surface area contributed by atoms with Crippen molar-refractivity contribution >= 4 is 34.1 Å². The highest BCUT2D eigenvalue weighted by Crippen LogP contribution is 2.36. The van der Waals surface area contributed by atoms with E-state index >= 15 is 0 Å². The predicted octanol–water partition coefficient (Wildman–Crippen LogP) is 2.50. The molecule has 0 radical (unpaired) electrons. The Labute approximate surface area is 241 Å². The number of likely N-dealkylation sites (N-methyl/N-ethyl adjacent to an activating group) is 1. The predicted molar refractivity (Wildman–Crippen MR) is 159 cm³/mol. The topological polar surface area (TPSA) is 108 Å². The third-order valence-corrected chi connectivity index (χ3v) is 8.96. The normalized spacial score (nSPS) is 21.3. The summed E-state index contributed by atoms with van der Waals surface area (Å²) in [6, 6.07) is 12.8. The van der Waals surface area contributed by atoms with Gasteiger partial charge in [0.25, 0.3) is 0 Å². The van der Waals surface area contributed by atoms with E-state index in [0.717, 1.165) is 43.6 Å². The molecule has 3 aliphatic heterocycles. The van der Waals surface area contributed by atoms with Gasteiger partial charge in [-0.25, -0.2) is 0 Å². The van der Waals surface area contributed by atoms with Crippen molar-refractivity contribution in [3.05, 3.63) is 53.2 Å². The fourth-order valence-corrected chi connectivity index (χ4v) is 6.59. The number of nitrogens with zero attached hydrogens (tertiary/aromatic N) is 6. The number of fused-ring (bicyclic) bond motifs is 2. The first-order valence-electron chi connectivity index (χ1n) is 14.6. The van der Waals surface area contributed by atoms with Crippen molar-refractivity contribution in [3.8, 4) is 6.01 Å². The lowest BCUT2D eigenvalue weighted by Crippen LogP contribution is -2.59. The molecule has 2 fully saturated rings. The van der Waals surface area contributed by atoms with E-state index in [1.807, 2.05) is 4.90 Å². The minimum atomic E-state index is -0.667. The third kappa shape index (κ3) is 5.28. The maximum Gasteiger partial charge on any atom is 0.318 e. The quantitative estimate of drug-likeness (QED) is 0.493. The number of likely N-dealkylation sites (tertiary alicyclic amines) is 1. The molecule has 10 nitrogen and oxygen atoms in total. The second-order valence-electron chi connectivity index (χ2n) is 11.5. The Morgan fingerprint density at radius 2 is 1.88 bits per heavy atom. The molecule has 0 spiro atoms. The van der Waals surface area contributed by atoms with Crippen LogP contribution in [0.3, 0.4) is 0 Å². The Morgan fingerprint density at radius 1 is 1.07 bits per heavy atom. The van der Waals surface area contributed by atoms with E-state index in [0.29, 0.717) is 44.1 Å². The Balaban J connectivity index is 1.37. The first-order valence-corrected chi connectivity index (χ1v) is 14.6. The lowest BCUT2D eigenvalue weighted by atomic mass is 9.99. The molecular formula is C31H39N7O3. The van der Waals surface area contributed by atoms with Gasteiger partial charge in [0.15, 0.2) is 0 Å². The van der Waals surface area contributed by atoms with Crippen LogP contribution in [0.2, 0.25) is 0 Å². The molecule has 41 heavy (non-hydrogen) atoms. The summed E-state index contributed by atoms with van der Waals surface area (Å²) >= 11 is 0. The number of primary amides is 1. The lowest BCUT2D eigenvalue weighted by Gasteiger charge is -2.42. The number of anilines is 2. The molecule has 0 saturated carbocycles. The fraction of sp³-hybridized carbons (Fsp3) is 0.484. The van der Waals surface area contributed by atoms with Crippen LogP contribution in [0, 0.1) is 6.92 Å². The van der Waals surface area contributed by atoms with Gasteiger partial charge in [0, 0.05) is 49.2 Å². The zero-order valence-corrected chi connectivity index (χ0v) is 24.2. The molecule has 2 aromatic carbocycles. The number of amides is 2. The van der Waals surface area contributed by atoms with Gasteiger partial charge in [0.05, 0.1) is 18.8 Å². The van der Waals surface area contributed by atoms with E-state index < -0.39 is 11.9 Å². The molecule has 0 bridgehead atoms. The van der Waals surface area contributed by atoms with Crippen LogP contribution in [-0.4, -0.2) is 90.0 Å². The van der Waals surface area contributed by atoms with E-state index in [-0.39, 0.29) is 12.5 Å². The van der Waals surface area contributed by atoms with Crippen molar-refractivity contribution in [2.75, 3.05) is 56.2 Å². The highest BCUT2D eigenvalue weighted by atomic mass is 16.5. The molecule has 2 atom stereocenters. The summed E-state index contributed by atoms with van der Waals surface area (Å²) in [7, 11) is 2.12. The largest absolute Gasteiger partial charge is 0.462 e. The monoisotopic (exact) mass is 557 g/mol. The Bertz CT molecular complexity index is 1470. The van der Waals surface area contributed by atoms with Crippen LogP contribution in [0.25, 0.3) is 10.8 Å². The molecule has 3 aromatic rings. The highest BCUT2D eigenvalue weighted by molar-refractivity contribution is 5.97. The van der Waals surface area contributed by atoms with Gasteiger partial charge in [-0.1, -0.05) is 30.3 Å². The number of piperazine rings is 1. The molecule has 3 aliphatic rings. The fourth-order valence-electron chi connectivity index (χ4n) is 6.59. The van der Waals surface area contributed by atoms with Crippen molar-refractivity contribution in [2.24, 2.45) is 5.73 Å². The first kappa shape index (κ1) is 27.3. The van der Waals surface area contributed by atoms with Crippen molar-refractivity contribution in [1.82, 2.24) is 19.8 Å². The summed E-state index contributed by atoms with van der Waals surface area (Å²) in [5.41, 5.74) is 10.2. The molecule has 0 aliphatic carbocycles. The number of hydrogen-bond acceptors (Lipinski definition) is 8. The standard InChI is InChI=1S/C31H39N7O3/c1-20-7-4-8-22-9-5-11-26(28(20)22)37-14-12-24-25(17-37)33-31(41-19-23-10-6-13-35(23)3)34-30(24)38-16-15-36(21(2)39)18-27(38)29(32)40/h4-5,7-9,11,23,27H,6,10,12-19H2,1-3H3,(H2,32,40)/t23-,27?/m0/s1. The molecule has 6 rings (SSSR count). The van der Waals surface area contributed by atoms with Crippen molar-refractivity contribution in [1.29, 1.82) is 0 Å². The average molecular weight is 558 g/mol. The Kier molecular flexibility index (Phi) is 7.42. The van der Waals surface area contributed by atoms with E-state index in [1.165, 1.54) is 28.9 Å². The molecule has 2 N–H and O–H groups in total. The number of hydrogen-bond donors (Lipinski definition) is 1. The van der Waals surface area contributed by atoms with Crippen LogP contribution in [0.15, 0.2) is 36.4 Å². The summed E-state index contributed by atoms with van der Waals surface area (Å²) < 4.78 is 6.25. The lowest BCUT2D eigenvalue weighted by molar-refractivity contribution is -0.130. The van der Waals surface area contributed by atoms with Gasteiger partial charge in [-0.05, 0) is 56.8 Å². The summed E-state index contributed by atoms with van der Waals surface area (Å²) in [5, 5.41) is 2.47.